The Kier molecular flexibility index (Phi) is 4.21. The molecule has 0 saturated carbocycles. The van der Waals surface area contributed by atoms with Crippen molar-refractivity contribution >= 4 is 27.7 Å². The topological polar surface area (TPSA) is 120 Å². The molecule has 0 unspecified atom stereocenters. The number of nitrogen functional groups attached to an aromatic ring is 1. The molecular formula is C9H13N3O5S. The van der Waals surface area contributed by atoms with Gasteiger partial charge in [-0.05, 0) is 18.2 Å². The molecule has 1 rings (SSSR count). The zero-order valence-corrected chi connectivity index (χ0v) is 10.6. The minimum atomic E-state index is -4.05. The van der Waals surface area contributed by atoms with Gasteiger partial charge in [0.05, 0.1) is 25.6 Å². The van der Waals surface area contributed by atoms with E-state index < -0.39 is 16.3 Å². The van der Waals surface area contributed by atoms with Gasteiger partial charge in [0.2, 0.25) is 0 Å². The van der Waals surface area contributed by atoms with Crippen LogP contribution in [0.2, 0.25) is 0 Å². The van der Waals surface area contributed by atoms with Crippen LogP contribution in [0.4, 0.5) is 16.2 Å². The Morgan fingerprint density at radius 3 is 2.50 bits per heavy atom. The van der Waals surface area contributed by atoms with E-state index in [1.807, 2.05) is 0 Å². The third kappa shape index (κ3) is 3.70. The number of ether oxygens (including phenoxy) is 2. The van der Waals surface area contributed by atoms with Gasteiger partial charge in [-0.2, -0.15) is 8.42 Å². The van der Waals surface area contributed by atoms with Gasteiger partial charge in [-0.1, -0.05) is 0 Å². The molecule has 0 fully saturated rings. The average molecular weight is 275 g/mol. The van der Waals surface area contributed by atoms with E-state index in [4.69, 9.17) is 10.5 Å². The first-order valence-electron chi connectivity index (χ1n) is 4.70. The maximum absolute atomic E-state index is 11.4. The molecule has 0 bridgehead atoms. The summed E-state index contributed by atoms with van der Waals surface area (Å²) in [4.78, 5) is 10.8. The number of hydrogen-bond donors (Lipinski definition) is 3. The minimum absolute atomic E-state index is 0.185. The smallest absolute Gasteiger partial charge is 0.422 e. The second-order valence-corrected chi connectivity index (χ2v) is 4.57. The highest BCUT2D eigenvalue weighted by molar-refractivity contribution is 7.91. The molecule has 8 nitrogen and oxygen atoms in total. The molecule has 100 valence electrons. The van der Waals surface area contributed by atoms with Crippen LogP contribution in [-0.4, -0.2) is 28.7 Å². The Bertz CT molecular complexity index is 543. The minimum Gasteiger partial charge on any atom is -0.495 e. The largest absolute Gasteiger partial charge is 0.495 e. The van der Waals surface area contributed by atoms with Crippen LogP contribution >= 0.6 is 0 Å². The van der Waals surface area contributed by atoms with E-state index in [9.17, 15) is 13.2 Å². The summed E-state index contributed by atoms with van der Waals surface area (Å²) in [5, 5.41) is 0. The molecule has 0 radical (unpaired) electrons. The molecule has 4 N–H and O–H groups in total. The van der Waals surface area contributed by atoms with E-state index in [0.29, 0.717) is 5.75 Å². The number of amides is 1. The maximum atomic E-state index is 11.4. The summed E-state index contributed by atoms with van der Waals surface area (Å²) in [6.07, 6.45) is -1.09. The molecule has 0 aliphatic heterocycles. The van der Waals surface area contributed by atoms with Crippen molar-refractivity contribution in [2.24, 2.45) is 0 Å². The van der Waals surface area contributed by atoms with Crippen LogP contribution in [0.25, 0.3) is 0 Å². The van der Waals surface area contributed by atoms with Crippen LogP contribution < -0.4 is 19.9 Å². The number of carbonyl (C=O) groups excluding carboxylic acids is 1. The molecule has 0 atom stereocenters. The highest BCUT2D eigenvalue weighted by Gasteiger charge is 2.14. The standard InChI is InChI=1S/C9H13N3O5S/c1-16-8-4-3-6(5-7(8)10)11-18(14,15)12-9(13)17-2/h3-5,11H,10H2,1-2H3,(H,12,13). The second-order valence-electron chi connectivity index (χ2n) is 3.16. The van der Waals surface area contributed by atoms with Gasteiger partial charge in [-0.3, -0.25) is 4.72 Å². The van der Waals surface area contributed by atoms with Crippen molar-refractivity contribution in [1.82, 2.24) is 4.72 Å². The van der Waals surface area contributed by atoms with E-state index in [-0.39, 0.29) is 11.4 Å². The van der Waals surface area contributed by atoms with E-state index in [0.717, 1.165) is 7.11 Å². The van der Waals surface area contributed by atoms with Crippen molar-refractivity contribution in [3.8, 4) is 5.75 Å². The molecule has 18 heavy (non-hydrogen) atoms. The molecular weight excluding hydrogens is 262 g/mol. The van der Waals surface area contributed by atoms with Gasteiger partial charge < -0.3 is 15.2 Å². The average Bonchev–Trinajstić information content (AvgIpc) is 2.27. The number of nitrogens with one attached hydrogen (secondary N) is 2. The summed E-state index contributed by atoms with van der Waals surface area (Å²) >= 11 is 0. The van der Waals surface area contributed by atoms with Crippen LogP contribution in [-0.2, 0) is 14.9 Å². The monoisotopic (exact) mass is 275 g/mol. The Hall–Kier alpha value is -2.16. The van der Waals surface area contributed by atoms with Gasteiger partial charge in [0.25, 0.3) is 0 Å². The lowest BCUT2D eigenvalue weighted by atomic mass is 10.2. The van der Waals surface area contributed by atoms with Crippen molar-refractivity contribution in [2.45, 2.75) is 0 Å². The third-order valence-corrected chi connectivity index (χ3v) is 2.82. The number of nitrogens with two attached hydrogens (primary N) is 1. The van der Waals surface area contributed by atoms with Crippen molar-refractivity contribution in [2.75, 3.05) is 24.7 Å². The maximum Gasteiger partial charge on any atom is 0.422 e. The fraction of sp³-hybridized carbons (Fsp3) is 0.222. The number of benzene rings is 1. The zero-order valence-electron chi connectivity index (χ0n) is 9.76. The molecule has 1 amide bonds. The Balaban J connectivity index is 2.84. The highest BCUT2D eigenvalue weighted by atomic mass is 32.2. The quantitative estimate of drug-likeness (QED) is 0.679. The SMILES string of the molecule is COC(=O)NS(=O)(=O)Nc1ccc(OC)c(N)c1. The predicted molar refractivity (Wildman–Crippen MR) is 65.5 cm³/mol. The first-order chi connectivity index (χ1) is 8.38. The predicted octanol–water partition coefficient (Wildman–Crippen LogP) is 0.290. The second kappa shape index (κ2) is 5.45. The molecule has 0 aliphatic rings. The molecule has 1 aromatic carbocycles. The molecule has 0 spiro atoms. The van der Waals surface area contributed by atoms with Crippen LogP contribution in [0.5, 0.6) is 5.75 Å². The van der Waals surface area contributed by atoms with Crippen molar-refractivity contribution in [3.05, 3.63) is 18.2 Å². The summed E-state index contributed by atoms with van der Waals surface area (Å²) < 4.78 is 35.7. The van der Waals surface area contributed by atoms with E-state index in [2.05, 4.69) is 9.46 Å². The first-order valence-corrected chi connectivity index (χ1v) is 6.18. The molecule has 0 aliphatic carbocycles. The summed E-state index contributed by atoms with van der Waals surface area (Å²) in [7, 11) is -1.56. The number of anilines is 2. The van der Waals surface area contributed by atoms with Gasteiger partial charge in [-0.15, -0.1) is 0 Å². The lowest BCUT2D eigenvalue weighted by molar-refractivity contribution is 0.177. The summed E-state index contributed by atoms with van der Waals surface area (Å²) in [5.41, 5.74) is 6.05. The number of methoxy groups -OCH3 is 2. The summed E-state index contributed by atoms with van der Waals surface area (Å²) in [6, 6.07) is 4.28. The van der Waals surface area contributed by atoms with Crippen LogP contribution in [0, 0.1) is 0 Å². The van der Waals surface area contributed by atoms with E-state index in [1.54, 1.807) is 4.72 Å². The van der Waals surface area contributed by atoms with Gasteiger partial charge in [0.15, 0.2) is 0 Å². The van der Waals surface area contributed by atoms with Crippen molar-refractivity contribution < 1.29 is 22.7 Å². The number of rotatable bonds is 4. The fourth-order valence-corrected chi connectivity index (χ4v) is 1.92. The van der Waals surface area contributed by atoms with E-state index in [1.165, 1.54) is 25.3 Å². The lowest BCUT2D eigenvalue weighted by Crippen LogP contribution is -2.35. The Morgan fingerprint density at radius 2 is 2.00 bits per heavy atom. The Labute approximate surface area is 104 Å². The Morgan fingerprint density at radius 1 is 1.33 bits per heavy atom. The third-order valence-electron chi connectivity index (χ3n) is 1.89. The molecule has 0 heterocycles. The summed E-state index contributed by atoms with van der Waals surface area (Å²) in [6.45, 7) is 0. The lowest BCUT2D eigenvalue weighted by Gasteiger charge is -2.10. The zero-order chi connectivity index (χ0) is 13.8. The van der Waals surface area contributed by atoms with Gasteiger partial charge in [0, 0.05) is 0 Å². The number of hydrogen-bond acceptors (Lipinski definition) is 6. The van der Waals surface area contributed by atoms with Crippen LogP contribution in [0.15, 0.2) is 18.2 Å². The van der Waals surface area contributed by atoms with Crippen molar-refractivity contribution in [1.29, 1.82) is 0 Å². The van der Waals surface area contributed by atoms with Gasteiger partial charge in [0.1, 0.15) is 5.75 Å². The van der Waals surface area contributed by atoms with Crippen LogP contribution in [0.3, 0.4) is 0 Å². The normalized spacial score (nSPS) is 10.6. The van der Waals surface area contributed by atoms with Crippen LogP contribution in [0.1, 0.15) is 0 Å². The molecule has 0 aromatic heterocycles. The molecule has 0 saturated heterocycles. The van der Waals surface area contributed by atoms with Crippen molar-refractivity contribution in [3.63, 3.8) is 0 Å². The molecule has 1 aromatic rings. The fourth-order valence-electron chi connectivity index (χ4n) is 1.13. The van der Waals surface area contributed by atoms with E-state index >= 15 is 0 Å². The molecule has 9 heteroatoms. The first kappa shape index (κ1) is 13.9. The van der Waals surface area contributed by atoms with Gasteiger partial charge >= 0.3 is 16.3 Å². The highest BCUT2D eigenvalue weighted by Crippen LogP contribution is 2.24. The van der Waals surface area contributed by atoms with Gasteiger partial charge in [-0.25, -0.2) is 9.52 Å². The summed E-state index contributed by atoms with van der Waals surface area (Å²) in [5.74, 6) is 0.416. The number of carbonyl (C=O) groups is 1.